The van der Waals surface area contributed by atoms with Crippen molar-refractivity contribution in [2.24, 2.45) is 0 Å². The highest BCUT2D eigenvalue weighted by Gasteiger charge is 2.09. The van der Waals surface area contributed by atoms with Crippen LogP contribution in [0.15, 0.2) is 29.8 Å². The maximum absolute atomic E-state index is 10.6. The van der Waals surface area contributed by atoms with E-state index in [1.165, 1.54) is 10.4 Å². The summed E-state index contributed by atoms with van der Waals surface area (Å²) in [5, 5.41) is 3.14. The lowest BCUT2D eigenvalue weighted by atomic mass is 10.0. The van der Waals surface area contributed by atoms with Crippen LogP contribution in [-0.4, -0.2) is 18.3 Å². The Balaban J connectivity index is 2.24. The maximum Gasteiger partial charge on any atom is 0.121 e. The number of nitrogens with one attached hydrogen (secondary N) is 1. The molecule has 1 heterocycles. The average Bonchev–Trinajstić information content (AvgIpc) is 2.82. The van der Waals surface area contributed by atoms with Gasteiger partial charge in [-0.25, -0.2) is 4.98 Å². The van der Waals surface area contributed by atoms with E-state index in [-0.39, 0.29) is 6.04 Å². The van der Waals surface area contributed by atoms with Crippen LogP contribution in [0.1, 0.15) is 23.7 Å². The predicted octanol–water partition coefficient (Wildman–Crippen LogP) is 2.97. The third-order valence-electron chi connectivity index (χ3n) is 3.00. The van der Waals surface area contributed by atoms with Gasteiger partial charge < -0.3 is 10.1 Å². The van der Waals surface area contributed by atoms with Crippen LogP contribution in [0, 0.1) is 6.92 Å². The van der Waals surface area contributed by atoms with E-state index < -0.39 is 0 Å². The summed E-state index contributed by atoms with van der Waals surface area (Å²) in [6, 6.07) is 8.41. The number of aldehydes is 1. The van der Waals surface area contributed by atoms with E-state index in [9.17, 15) is 4.79 Å². The molecule has 3 nitrogen and oxygen atoms in total. The van der Waals surface area contributed by atoms with E-state index in [0.717, 1.165) is 17.5 Å². The zero-order valence-electron chi connectivity index (χ0n) is 10.5. The van der Waals surface area contributed by atoms with Crippen molar-refractivity contribution in [2.75, 3.05) is 7.05 Å². The number of hydrogen-bond donors (Lipinski definition) is 1. The fourth-order valence-electron chi connectivity index (χ4n) is 1.96. The minimum atomic E-state index is 0.0964. The number of carbonyl (C=O) groups is 1. The third-order valence-corrected chi connectivity index (χ3v) is 3.98. The van der Waals surface area contributed by atoms with E-state index in [1.807, 2.05) is 19.5 Å². The number of aryl methyl sites for hydroxylation is 1. The molecule has 0 radical (unpaired) electrons. The van der Waals surface area contributed by atoms with Crippen molar-refractivity contribution >= 4 is 17.6 Å². The molecule has 2 aromatic rings. The molecule has 0 aliphatic rings. The van der Waals surface area contributed by atoms with Crippen LogP contribution in [0.25, 0.3) is 10.4 Å². The summed E-state index contributed by atoms with van der Waals surface area (Å²) in [5.74, 6) is 0. The second-order valence-corrected chi connectivity index (χ2v) is 4.99. The number of thiazole rings is 1. The number of carbonyl (C=O) groups excluding carboxylic acids is 1. The third kappa shape index (κ3) is 2.66. The number of hydrogen-bond acceptors (Lipinski definition) is 4. The molecule has 0 aliphatic carbocycles. The summed E-state index contributed by atoms with van der Waals surface area (Å²) < 4.78 is 0. The Hall–Kier alpha value is -1.52. The second kappa shape index (κ2) is 5.89. The SMILES string of the molecule is CN[C@H](CC=O)c1ccc(-c2scnc2C)cc1. The molecule has 0 saturated carbocycles. The van der Waals surface area contributed by atoms with Gasteiger partial charge in [0, 0.05) is 12.5 Å². The number of rotatable bonds is 5. The number of benzene rings is 1. The predicted molar refractivity (Wildman–Crippen MR) is 74.8 cm³/mol. The van der Waals surface area contributed by atoms with Gasteiger partial charge in [-0.15, -0.1) is 11.3 Å². The summed E-state index contributed by atoms with van der Waals surface area (Å²) in [5.41, 5.74) is 5.24. The first kappa shape index (κ1) is 12.9. The lowest BCUT2D eigenvalue weighted by Crippen LogP contribution is -2.16. The molecule has 1 aromatic carbocycles. The summed E-state index contributed by atoms with van der Waals surface area (Å²) in [7, 11) is 1.87. The molecule has 18 heavy (non-hydrogen) atoms. The molecule has 0 unspecified atom stereocenters. The molecule has 0 fully saturated rings. The van der Waals surface area contributed by atoms with Crippen LogP contribution in [0.5, 0.6) is 0 Å². The lowest BCUT2D eigenvalue weighted by molar-refractivity contribution is -0.108. The minimum absolute atomic E-state index is 0.0964. The number of aromatic nitrogens is 1. The molecule has 0 aliphatic heterocycles. The summed E-state index contributed by atoms with van der Waals surface area (Å²) >= 11 is 1.65. The average molecular weight is 260 g/mol. The Morgan fingerprint density at radius 1 is 1.39 bits per heavy atom. The molecular formula is C14H16N2OS. The van der Waals surface area contributed by atoms with Crippen molar-refractivity contribution in [1.29, 1.82) is 0 Å². The lowest BCUT2D eigenvalue weighted by Gasteiger charge is -2.13. The Morgan fingerprint density at radius 2 is 2.11 bits per heavy atom. The molecule has 2 rings (SSSR count). The molecule has 0 bridgehead atoms. The van der Waals surface area contributed by atoms with E-state index in [1.54, 1.807) is 11.3 Å². The fraction of sp³-hybridized carbons (Fsp3) is 0.286. The van der Waals surface area contributed by atoms with Gasteiger partial charge in [-0.3, -0.25) is 0 Å². The first-order valence-electron chi connectivity index (χ1n) is 5.87. The van der Waals surface area contributed by atoms with E-state index in [0.29, 0.717) is 6.42 Å². The smallest absolute Gasteiger partial charge is 0.121 e. The topological polar surface area (TPSA) is 42.0 Å². The van der Waals surface area contributed by atoms with Crippen molar-refractivity contribution in [3.63, 3.8) is 0 Å². The highest BCUT2D eigenvalue weighted by Crippen LogP contribution is 2.28. The minimum Gasteiger partial charge on any atom is -0.313 e. The zero-order chi connectivity index (χ0) is 13.0. The highest BCUT2D eigenvalue weighted by atomic mass is 32.1. The van der Waals surface area contributed by atoms with Crippen molar-refractivity contribution in [2.45, 2.75) is 19.4 Å². The van der Waals surface area contributed by atoms with Gasteiger partial charge in [0.1, 0.15) is 6.29 Å². The molecule has 0 spiro atoms. The van der Waals surface area contributed by atoms with Crippen LogP contribution in [-0.2, 0) is 4.79 Å². The Labute approximate surface area is 111 Å². The van der Waals surface area contributed by atoms with Crippen LogP contribution >= 0.6 is 11.3 Å². The molecule has 4 heteroatoms. The Morgan fingerprint density at radius 3 is 2.61 bits per heavy atom. The van der Waals surface area contributed by atoms with Gasteiger partial charge >= 0.3 is 0 Å². The van der Waals surface area contributed by atoms with Crippen molar-refractivity contribution in [3.05, 3.63) is 41.0 Å². The molecule has 1 aromatic heterocycles. The van der Waals surface area contributed by atoms with E-state index in [2.05, 4.69) is 34.6 Å². The molecule has 1 N–H and O–H groups in total. The molecular weight excluding hydrogens is 244 g/mol. The van der Waals surface area contributed by atoms with Crippen LogP contribution < -0.4 is 5.32 Å². The van der Waals surface area contributed by atoms with Gasteiger partial charge in [-0.2, -0.15) is 0 Å². The second-order valence-electron chi connectivity index (χ2n) is 4.13. The maximum atomic E-state index is 10.6. The Bertz CT molecular complexity index is 519. The van der Waals surface area contributed by atoms with E-state index >= 15 is 0 Å². The first-order valence-corrected chi connectivity index (χ1v) is 6.75. The Kier molecular flexibility index (Phi) is 4.23. The first-order chi connectivity index (χ1) is 8.76. The van der Waals surface area contributed by atoms with Gasteiger partial charge in [0.25, 0.3) is 0 Å². The van der Waals surface area contributed by atoms with Crippen LogP contribution in [0.2, 0.25) is 0 Å². The summed E-state index contributed by atoms with van der Waals surface area (Å²) in [6.07, 6.45) is 1.44. The monoisotopic (exact) mass is 260 g/mol. The highest BCUT2D eigenvalue weighted by molar-refractivity contribution is 7.13. The van der Waals surface area contributed by atoms with Gasteiger partial charge in [0.05, 0.1) is 16.1 Å². The molecule has 94 valence electrons. The largest absolute Gasteiger partial charge is 0.313 e. The van der Waals surface area contributed by atoms with Crippen molar-refractivity contribution in [1.82, 2.24) is 10.3 Å². The zero-order valence-corrected chi connectivity index (χ0v) is 11.3. The number of nitrogens with zero attached hydrogens (tertiary/aromatic N) is 1. The van der Waals surface area contributed by atoms with Gasteiger partial charge in [0.2, 0.25) is 0 Å². The van der Waals surface area contributed by atoms with E-state index in [4.69, 9.17) is 0 Å². The normalized spacial score (nSPS) is 12.3. The van der Waals surface area contributed by atoms with Gasteiger partial charge in [-0.05, 0) is 25.1 Å². The summed E-state index contributed by atoms with van der Waals surface area (Å²) in [6.45, 7) is 2.02. The van der Waals surface area contributed by atoms with Crippen LogP contribution in [0.4, 0.5) is 0 Å². The van der Waals surface area contributed by atoms with Gasteiger partial charge in [0.15, 0.2) is 0 Å². The van der Waals surface area contributed by atoms with Crippen LogP contribution in [0.3, 0.4) is 0 Å². The van der Waals surface area contributed by atoms with Gasteiger partial charge in [-0.1, -0.05) is 24.3 Å². The molecule has 1 atom stereocenters. The molecule has 0 saturated heterocycles. The standard InChI is InChI=1S/C14H16N2OS/c1-10-14(18-9-16-10)12-5-3-11(4-6-12)13(15-2)7-8-17/h3-6,8-9,13,15H,7H2,1-2H3/t13-/m1/s1. The van der Waals surface area contributed by atoms with Crippen molar-refractivity contribution < 1.29 is 4.79 Å². The quantitative estimate of drug-likeness (QED) is 0.840. The molecule has 0 amide bonds. The van der Waals surface area contributed by atoms with Crippen molar-refractivity contribution in [3.8, 4) is 10.4 Å². The fourth-order valence-corrected chi connectivity index (χ4v) is 2.77. The summed E-state index contributed by atoms with van der Waals surface area (Å²) in [4.78, 5) is 16.1.